The normalized spacial score (nSPS) is 16.4. The number of carbonyl (C=O) groups excluding carboxylic acids is 1. The number of hydrogen-bond donors (Lipinski definition) is 0. The maximum absolute atomic E-state index is 13.3. The number of carbonyl (C=O) groups is 1. The molecule has 1 fully saturated rings. The summed E-state index contributed by atoms with van der Waals surface area (Å²) in [6.45, 7) is 5.41. The lowest BCUT2D eigenvalue weighted by Crippen LogP contribution is -2.49. The molecule has 2 aromatic carbocycles. The minimum absolute atomic E-state index is 0.0284. The quantitative estimate of drug-likeness (QED) is 0.737. The van der Waals surface area contributed by atoms with Gasteiger partial charge in [-0.3, -0.25) is 9.69 Å². The van der Waals surface area contributed by atoms with Gasteiger partial charge >= 0.3 is 0 Å². The first-order chi connectivity index (χ1) is 12.8. The van der Waals surface area contributed by atoms with Gasteiger partial charge in [0.25, 0.3) is 0 Å². The number of sulfonamides is 1. The Bertz CT molecular complexity index is 934. The molecule has 27 heavy (non-hydrogen) atoms. The zero-order valence-electron chi connectivity index (χ0n) is 15.5. The molecule has 0 aliphatic carbocycles. The smallest absolute Gasteiger partial charge is 0.243 e. The van der Waals surface area contributed by atoms with Crippen molar-refractivity contribution in [2.24, 2.45) is 0 Å². The Morgan fingerprint density at radius 3 is 2.22 bits per heavy atom. The SMILES string of the molecule is Cc1ccc(C(=O)CN2CCN(S(=O)(=O)c3ccc(F)cc3C)CC2)cc1. The van der Waals surface area contributed by atoms with Crippen molar-refractivity contribution < 1.29 is 17.6 Å². The Balaban J connectivity index is 1.62. The third-order valence-corrected chi connectivity index (χ3v) is 6.89. The molecule has 0 radical (unpaired) electrons. The van der Waals surface area contributed by atoms with Crippen molar-refractivity contribution in [3.8, 4) is 0 Å². The third-order valence-electron chi connectivity index (χ3n) is 4.83. The van der Waals surface area contributed by atoms with Crippen LogP contribution in [-0.2, 0) is 10.0 Å². The number of benzene rings is 2. The second kappa shape index (κ2) is 7.88. The van der Waals surface area contributed by atoms with Crippen molar-refractivity contribution in [2.45, 2.75) is 18.7 Å². The van der Waals surface area contributed by atoms with E-state index in [2.05, 4.69) is 0 Å². The molecule has 1 aliphatic heterocycles. The van der Waals surface area contributed by atoms with E-state index >= 15 is 0 Å². The average Bonchev–Trinajstić information content (AvgIpc) is 2.62. The Morgan fingerprint density at radius 2 is 1.63 bits per heavy atom. The zero-order valence-corrected chi connectivity index (χ0v) is 16.3. The Morgan fingerprint density at radius 1 is 1.00 bits per heavy atom. The van der Waals surface area contributed by atoms with Crippen molar-refractivity contribution in [3.63, 3.8) is 0 Å². The van der Waals surface area contributed by atoms with Crippen LogP contribution in [0, 0.1) is 19.7 Å². The molecule has 0 aromatic heterocycles. The van der Waals surface area contributed by atoms with E-state index in [1.165, 1.54) is 16.4 Å². The van der Waals surface area contributed by atoms with Gasteiger partial charge in [0.2, 0.25) is 10.0 Å². The van der Waals surface area contributed by atoms with Gasteiger partial charge in [-0.2, -0.15) is 4.31 Å². The fourth-order valence-corrected chi connectivity index (χ4v) is 4.83. The van der Waals surface area contributed by atoms with Crippen LogP contribution in [0.2, 0.25) is 0 Å². The second-order valence-electron chi connectivity index (χ2n) is 6.88. The second-order valence-corrected chi connectivity index (χ2v) is 8.79. The van der Waals surface area contributed by atoms with Gasteiger partial charge in [-0.15, -0.1) is 0 Å². The van der Waals surface area contributed by atoms with Crippen LogP contribution in [0.4, 0.5) is 4.39 Å². The van der Waals surface area contributed by atoms with E-state index in [0.717, 1.165) is 11.6 Å². The van der Waals surface area contributed by atoms with Crippen molar-refractivity contribution in [1.29, 1.82) is 0 Å². The molecule has 0 saturated carbocycles. The van der Waals surface area contributed by atoms with Crippen LogP contribution in [0.5, 0.6) is 0 Å². The molecule has 0 N–H and O–H groups in total. The fourth-order valence-electron chi connectivity index (χ4n) is 3.20. The van der Waals surface area contributed by atoms with E-state index in [0.29, 0.717) is 37.3 Å². The summed E-state index contributed by atoms with van der Waals surface area (Å²) < 4.78 is 40.3. The van der Waals surface area contributed by atoms with Gasteiger partial charge in [-0.1, -0.05) is 29.8 Å². The minimum Gasteiger partial charge on any atom is -0.293 e. The van der Waals surface area contributed by atoms with Crippen LogP contribution in [0.15, 0.2) is 47.4 Å². The van der Waals surface area contributed by atoms with E-state index in [4.69, 9.17) is 0 Å². The number of ketones is 1. The molecule has 3 rings (SSSR count). The highest BCUT2D eigenvalue weighted by Crippen LogP contribution is 2.22. The van der Waals surface area contributed by atoms with E-state index in [1.807, 2.05) is 36.1 Å². The zero-order chi connectivity index (χ0) is 19.6. The molecular formula is C20H23FN2O3S. The first-order valence-electron chi connectivity index (χ1n) is 8.86. The number of aryl methyl sites for hydroxylation is 2. The molecule has 5 nitrogen and oxygen atoms in total. The Hall–Kier alpha value is -2.09. The summed E-state index contributed by atoms with van der Waals surface area (Å²) in [6.07, 6.45) is 0. The van der Waals surface area contributed by atoms with E-state index in [9.17, 15) is 17.6 Å². The molecule has 1 aliphatic rings. The molecule has 1 saturated heterocycles. The number of nitrogens with zero attached hydrogens (tertiary/aromatic N) is 2. The summed E-state index contributed by atoms with van der Waals surface area (Å²) in [5, 5.41) is 0. The van der Waals surface area contributed by atoms with Gasteiger partial charge in [0.05, 0.1) is 11.4 Å². The van der Waals surface area contributed by atoms with Crippen molar-refractivity contribution >= 4 is 15.8 Å². The maximum Gasteiger partial charge on any atom is 0.243 e. The maximum atomic E-state index is 13.3. The van der Waals surface area contributed by atoms with Gasteiger partial charge in [-0.25, -0.2) is 12.8 Å². The third kappa shape index (κ3) is 4.43. The number of rotatable bonds is 5. The summed E-state index contributed by atoms with van der Waals surface area (Å²) in [7, 11) is -3.66. The number of piperazine rings is 1. The molecule has 0 unspecified atom stereocenters. The summed E-state index contributed by atoms with van der Waals surface area (Å²) in [4.78, 5) is 14.5. The van der Waals surface area contributed by atoms with Crippen LogP contribution in [0.1, 0.15) is 21.5 Å². The van der Waals surface area contributed by atoms with Crippen molar-refractivity contribution in [1.82, 2.24) is 9.21 Å². The highest BCUT2D eigenvalue weighted by Gasteiger charge is 2.30. The predicted octanol–water partition coefficient (Wildman–Crippen LogP) is 2.63. The van der Waals surface area contributed by atoms with E-state index < -0.39 is 15.8 Å². The molecule has 7 heteroatoms. The molecule has 0 bridgehead atoms. The van der Waals surface area contributed by atoms with Crippen LogP contribution in [0.25, 0.3) is 0 Å². The summed E-state index contributed by atoms with van der Waals surface area (Å²) >= 11 is 0. The minimum atomic E-state index is -3.66. The Labute approximate surface area is 159 Å². The van der Waals surface area contributed by atoms with Gasteiger partial charge in [-0.05, 0) is 37.6 Å². The van der Waals surface area contributed by atoms with Crippen molar-refractivity contribution in [3.05, 3.63) is 65.0 Å². The molecule has 0 atom stereocenters. The molecule has 2 aromatic rings. The van der Waals surface area contributed by atoms with E-state index in [1.54, 1.807) is 6.92 Å². The number of halogens is 1. The summed E-state index contributed by atoms with van der Waals surface area (Å²) in [5.41, 5.74) is 2.16. The molecule has 0 amide bonds. The topological polar surface area (TPSA) is 57.7 Å². The molecular weight excluding hydrogens is 367 g/mol. The monoisotopic (exact) mass is 390 g/mol. The number of hydrogen-bond acceptors (Lipinski definition) is 4. The lowest BCUT2D eigenvalue weighted by atomic mass is 10.1. The van der Waals surface area contributed by atoms with E-state index in [-0.39, 0.29) is 17.2 Å². The lowest BCUT2D eigenvalue weighted by molar-refractivity contribution is 0.0901. The van der Waals surface area contributed by atoms with Gasteiger partial charge in [0, 0.05) is 31.7 Å². The number of Topliss-reactive ketones (excluding diaryl/α,β-unsaturated/α-hetero) is 1. The van der Waals surface area contributed by atoms with Crippen molar-refractivity contribution in [2.75, 3.05) is 32.7 Å². The average molecular weight is 390 g/mol. The van der Waals surface area contributed by atoms with Crippen LogP contribution < -0.4 is 0 Å². The van der Waals surface area contributed by atoms with Gasteiger partial charge in [0.1, 0.15) is 5.82 Å². The van der Waals surface area contributed by atoms with Crippen LogP contribution in [0.3, 0.4) is 0 Å². The summed E-state index contributed by atoms with van der Waals surface area (Å²) in [6, 6.07) is 11.1. The van der Waals surface area contributed by atoms with Gasteiger partial charge < -0.3 is 0 Å². The Kier molecular flexibility index (Phi) is 5.74. The first kappa shape index (κ1) is 19.7. The largest absolute Gasteiger partial charge is 0.293 e. The standard InChI is InChI=1S/C20H23FN2O3S/c1-15-3-5-17(6-4-15)19(24)14-22-9-11-23(12-10-22)27(25,26)20-8-7-18(21)13-16(20)2/h3-8,13H,9-12,14H2,1-2H3. The predicted molar refractivity (Wildman–Crippen MR) is 102 cm³/mol. The van der Waals surface area contributed by atoms with Crippen LogP contribution in [-0.4, -0.2) is 56.1 Å². The highest BCUT2D eigenvalue weighted by atomic mass is 32.2. The fraction of sp³-hybridized carbons (Fsp3) is 0.350. The van der Waals surface area contributed by atoms with Gasteiger partial charge in [0.15, 0.2) is 5.78 Å². The molecule has 0 spiro atoms. The highest BCUT2D eigenvalue weighted by molar-refractivity contribution is 7.89. The summed E-state index contributed by atoms with van der Waals surface area (Å²) in [5.74, 6) is -0.424. The lowest BCUT2D eigenvalue weighted by Gasteiger charge is -2.33. The van der Waals surface area contributed by atoms with Crippen LogP contribution >= 0.6 is 0 Å². The molecule has 144 valence electrons. The molecule has 1 heterocycles. The first-order valence-corrected chi connectivity index (χ1v) is 10.3.